The molecule has 0 atom stereocenters. The Morgan fingerprint density at radius 1 is 1.39 bits per heavy atom. The molecule has 0 saturated carbocycles. The summed E-state index contributed by atoms with van der Waals surface area (Å²) in [6.45, 7) is 2.10. The fourth-order valence-electron chi connectivity index (χ4n) is 2.23. The van der Waals surface area contributed by atoms with E-state index in [-0.39, 0.29) is 18.0 Å². The number of anilines is 1. The summed E-state index contributed by atoms with van der Waals surface area (Å²) in [4.78, 5) is 18.0. The van der Waals surface area contributed by atoms with Gasteiger partial charge in [-0.15, -0.1) is 0 Å². The van der Waals surface area contributed by atoms with Crippen LogP contribution in [0.5, 0.6) is 0 Å². The van der Waals surface area contributed by atoms with Gasteiger partial charge >= 0.3 is 0 Å². The molecule has 0 fully saturated rings. The van der Waals surface area contributed by atoms with Gasteiger partial charge in [-0.2, -0.15) is 0 Å². The maximum atomic E-state index is 13.8. The highest BCUT2D eigenvalue weighted by Gasteiger charge is 2.21. The highest BCUT2D eigenvalue weighted by atomic mass is 32.1. The molecule has 0 radical (unpaired) electrons. The number of nitrogens with zero attached hydrogens (tertiary/aromatic N) is 2. The minimum absolute atomic E-state index is 0.0696. The molecule has 120 valence electrons. The van der Waals surface area contributed by atoms with Crippen molar-refractivity contribution in [2.75, 3.05) is 4.90 Å². The van der Waals surface area contributed by atoms with Crippen molar-refractivity contribution in [3.05, 3.63) is 47.9 Å². The largest absolute Gasteiger partial charge is 0.467 e. The van der Waals surface area contributed by atoms with Gasteiger partial charge in [0.25, 0.3) is 0 Å². The van der Waals surface area contributed by atoms with E-state index in [1.165, 1.54) is 17.2 Å². The molecule has 4 nitrogen and oxygen atoms in total. The number of fused-ring (bicyclic) bond motifs is 1. The first-order chi connectivity index (χ1) is 11.1. The number of hydrogen-bond donors (Lipinski definition) is 0. The predicted octanol–water partition coefficient (Wildman–Crippen LogP) is 4.50. The summed E-state index contributed by atoms with van der Waals surface area (Å²) in [7, 11) is 0. The summed E-state index contributed by atoms with van der Waals surface area (Å²) in [5.41, 5.74) is 0.0696. The number of amides is 1. The Morgan fingerprint density at radius 3 is 2.91 bits per heavy atom. The Balaban J connectivity index is 2.01. The second-order valence-corrected chi connectivity index (χ2v) is 6.05. The quantitative estimate of drug-likeness (QED) is 0.689. The van der Waals surface area contributed by atoms with Gasteiger partial charge in [-0.25, -0.2) is 13.8 Å². The van der Waals surface area contributed by atoms with E-state index in [0.717, 1.165) is 17.4 Å². The summed E-state index contributed by atoms with van der Waals surface area (Å²) in [6, 6.07) is 5.48. The van der Waals surface area contributed by atoms with Gasteiger partial charge in [0.1, 0.15) is 17.1 Å². The summed E-state index contributed by atoms with van der Waals surface area (Å²) in [6.07, 6.45) is 2.54. The van der Waals surface area contributed by atoms with Gasteiger partial charge in [0.2, 0.25) is 5.91 Å². The van der Waals surface area contributed by atoms with Crippen LogP contribution in [0.15, 0.2) is 34.9 Å². The van der Waals surface area contributed by atoms with Crippen LogP contribution < -0.4 is 4.90 Å². The lowest BCUT2D eigenvalue weighted by Crippen LogP contribution is -2.29. The number of carbonyl (C=O) groups excluding carboxylic acids is 1. The minimum atomic E-state index is -0.733. The van der Waals surface area contributed by atoms with Crippen LogP contribution in [0.3, 0.4) is 0 Å². The van der Waals surface area contributed by atoms with E-state index in [0.29, 0.717) is 28.4 Å². The molecule has 0 aliphatic rings. The molecule has 2 heterocycles. The van der Waals surface area contributed by atoms with E-state index in [9.17, 15) is 13.6 Å². The van der Waals surface area contributed by atoms with Gasteiger partial charge < -0.3 is 4.42 Å². The molecule has 1 aromatic carbocycles. The first-order valence-electron chi connectivity index (χ1n) is 7.17. The number of halogens is 2. The Morgan fingerprint density at radius 2 is 2.22 bits per heavy atom. The van der Waals surface area contributed by atoms with E-state index >= 15 is 0 Å². The normalized spacial score (nSPS) is 11.1. The lowest BCUT2D eigenvalue weighted by atomic mass is 10.3. The maximum Gasteiger partial charge on any atom is 0.229 e. The van der Waals surface area contributed by atoms with Crippen LogP contribution in [-0.4, -0.2) is 10.9 Å². The van der Waals surface area contributed by atoms with Crippen LogP contribution in [0, 0.1) is 11.6 Å². The molecule has 0 unspecified atom stereocenters. The van der Waals surface area contributed by atoms with Gasteiger partial charge in [-0.05, 0) is 24.6 Å². The monoisotopic (exact) mass is 336 g/mol. The zero-order valence-electron chi connectivity index (χ0n) is 12.4. The lowest BCUT2D eigenvalue weighted by Gasteiger charge is -2.18. The Hall–Kier alpha value is -2.28. The molecule has 0 N–H and O–H groups in total. The molecule has 0 bridgehead atoms. The smallest absolute Gasteiger partial charge is 0.229 e. The van der Waals surface area contributed by atoms with Crippen LogP contribution in [0.1, 0.15) is 25.5 Å². The van der Waals surface area contributed by atoms with Crippen molar-refractivity contribution >= 4 is 32.6 Å². The second kappa shape index (κ2) is 6.45. The van der Waals surface area contributed by atoms with E-state index < -0.39 is 11.6 Å². The number of thiazole rings is 1. The third kappa shape index (κ3) is 3.24. The van der Waals surface area contributed by atoms with E-state index in [4.69, 9.17) is 4.42 Å². The Kier molecular flexibility index (Phi) is 4.38. The molecule has 0 saturated heterocycles. The topological polar surface area (TPSA) is 46.3 Å². The van der Waals surface area contributed by atoms with Crippen LogP contribution in [0.4, 0.5) is 13.9 Å². The first-order valence-corrected chi connectivity index (χ1v) is 7.98. The molecule has 3 aromatic rings. The molecular weight excluding hydrogens is 322 g/mol. The molecule has 0 aliphatic heterocycles. The molecule has 3 rings (SSSR count). The van der Waals surface area contributed by atoms with Crippen molar-refractivity contribution in [1.29, 1.82) is 0 Å². The predicted molar refractivity (Wildman–Crippen MR) is 84.3 cm³/mol. The number of aromatic nitrogens is 1. The Labute approximate surface area is 135 Å². The zero-order valence-corrected chi connectivity index (χ0v) is 13.2. The van der Waals surface area contributed by atoms with Crippen molar-refractivity contribution in [1.82, 2.24) is 4.98 Å². The number of furan rings is 1. The number of hydrogen-bond acceptors (Lipinski definition) is 4. The molecule has 2 aromatic heterocycles. The number of rotatable bonds is 5. The molecule has 23 heavy (non-hydrogen) atoms. The van der Waals surface area contributed by atoms with Crippen molar-refractivity contribution in [2.45, 2.75) is 26.3 Å². The molecular formula is C16H14F2N2O2S. The lowest BCUT2D eigenvalue weighted by molar-refractivity contribution is -0.118. The van der Waals surface area contributed by atoms with Gasteiger partial charge in [0.15, 0.2) is 10.9 Å². The van der Waals surface area contributed by atoms with Crippen molar-refractivity contribution in [3.63, 3.8) is 0 Å². The van der Waals surface area contributed by atoms with E-state index in [2.05, 4.69) is 4.98 Å². The minimum Gasteiger partial charge on any atom is -0.467 e. The first kappa shape index (κ1) is 15.6. The third-order valence-electron chi connectivity index (χ3n) is 3.29. The summed E-state index contributed by atoms with van der Waals surface area (Å²) in [5, 5.41) is 0.333. The highest BCUT2D eigenvalue weighted by molar-refractivity contribution is 7.22. The van der Waals surface area contributed by atoms with E-state index in [1.807, 2.05) is 6.92 Å². The SMILES string of the molecule is CCCC(=O)N(Cc1ccco1)c1nc2c(F)cc(F)cc2s1. The maximum absolute atomic E-state index is 13.8. The summed E-state index contributed by atoms with van der Waals surface area (Å²) in [5.74, 6) is -0.935. The Bertz CT molecular complexity index is 830. The van der Waals surface area contributed by atoms with Crippen molar-refractivity contribution < 1.29 is 18.0 Å². The van der Waals surface area contributed by atoms with E-state index in [1.54, 1.807) is 12.1 Å². The van der Waals surface area contributed by atoms with Gasteiger partial charge in [0, 0.05) is 12.5 Å². The fourth-order valence-corrected chi connectivity index (χ4v) is 3.25. The highest BCUT2D eigenvalue weighted by Crippen LogP contribution is 2.32. The average Bonchev–Trinajstić information content (AvgIpc) is 3.13. The van der Waals surface area contributed by atoms with Gasteiger partial charge in [-0.3, -0.25) is 9.69 Å². The van der Waals surface area contributed by atoms with Gasteiger partial charge in [0.05, 0.1) is 17.5 Å². The van der Waals surface area contributed by atoms with Crippen molar-refractivity contribution in [2.24, 2.45) is 0 Å². The molecule has 7 heteroatoms. The fraction of sp³-hybridized carbons (Fsp3) is 0.250. The molecule has 1 amide bonds. The summed E-state index contributed by atoms with van der Waals surface area (Å²) >= 11 is 1.08. The average molecular weight is 336 g/mol. The number of carbonyl (C=O) groups is 1. The van der Waals surface area contributed by atoms with Crippen molar-refractivity contribution in [3.8, 4) is 0 Å². The van der Waals surface area contributed by atoms with Crippen LogP contribution >= 0.6 is 11.3 Å². The zero-order chi connectivity index (χ0) is 16.4. The van der Waals surface area contributed by atoms with Gasteiger partial charge in [-0.1, -0.05) is 18.3 Å². The second-order valence-electron chi connectivity index (χ2n) is 5.04. The third-order valence-corrected chi connectivity index (χ3v) is 4.32. The standard InChI is InChI=1S/C16H14F2N2O2S/c1-2-4-14(21)20(9-11-5-3-6-22-11)16-19-15-12(18)7-10(17)8-13(15)23-16/h3,5-8H,2,4,9H2,1H3. The molecule has 0 spiro atoms. The molecule has 0 aliphatic carbocycles. The summed E-state index contributed by atoms with van der Waals surface area (Å²) < 4.78 is 32.8. The number of benzene rings is 1. The van der Waals surface area contributed by atoms with Crippen LogP contribution in [0.2, 0.25) is 0 Å². The van der Waals surface area contributed by atoms with Crippen LogP contribution in [-0.2, 0) is 11.3 Å². The van der Waals surface area contributed by atoms with Crippen LogP contribution in [0.25, 0.3) is 10.2 Å².